The van der Waals surface area contributed by atoms with Crippen LogP contribution in [0.3, 0.4) is 0 Å². The van der Waals surface area contributed by atoms with Gasteiger partial charge in [-0.05, 0) is 53.4 Å². The number of rotatable bonds is 5. The smallest absolute Gasteiger partial charge is 0.331 e. The van der Waals surface area contributed by atoms with E-state index in [1.165, 1.54) is 28.7 Å². The lowest BCUT2D eigenvalue weighted by molar-refractivity contribution is -0.179. The molecule has 2 aliphatic rings. The van der Waals surface area contributed by atoms with E-state index in [0.29, 0.717) is 38.0 Å². The van der Waals surface area contributed by atoms with Gasteiger partial charge in [0.25, 0.3) is 11.8 Å². The third-order valence-corrected chi connectivity index (χ3v) is 5.49. The molecule has 0 saturated carbocycles. The Hall–Kier alpha value is -1.57. The fourth-order valence-electron chi connectivity index (χ4n) is 3.36. The summed E-state index contributed by atoms with van der Waals surface area (Å²) in [5, 5.41) is 2.75. The zero-order valence-electron chi connectivity index (χ0n) is 16.2. The Bertz CT molecular complexity index is 615. The van der Waals surface area contributed by atoms with E-state index >= 15 is 0 Å². The van der Waals surface area contributed by atoms with Crippen molar-refractivity contribution in [3.8, 4) is 0 Å². The van der Waals surface area contributed by atoms with Crippen LogP contribution >= 0.6 is 11.8 Å². The van der Waals surface area contributed by atoms with Gasteiger partial charge in [0, 0.05) is 19.2 Å². The fourth-order valence-corrected chi connectivity index (χ4v) is 3.93. The van der Waals surface area contributed by atoms with E-state index in [1.54, 1.807) is 27.7 Å². The number of esters is 1. The molecule has 2 fully saturated rings. The molecule has 146 valence electrons. The third-order valence-electron chi connectivity index (χ3n) is 4.59. The molecular formula is C18H28N2O5S. The molecule has 0 N–H and O–H groups in total. The van der Waals surface area contributed by atoms with Crippen molar-refractivity contribution in [1.29, 1.82) is 0 Å². The second-order valence-corrected chi connectivity index (χ2v) is 9.32. The summed E-state index contributed by atoms with van der Waals surface area (Å²) < 4.78 is 5.45. The number of amides is 2. The summed E-state index contributed by atoms with van der Waals surface area (Å²) in [6.45, 7) is 8.90. The molecule has 8 heteroatoms. The monoisotopic (exact) mass is 384 g/mol. The lowest BCUT2D eigenvalue weighted by atomic mass is 9.84. The second kappa shape index (κ2) is 7.58. The van der Waals surface area contributed by atoms with Gasteiger partial charge in [-0.2, -0.15) is 0 Å². The predicted molar refractivity (Wildman–Crippen MR) is 97.9 cm³/mol. The van der Waals surface area contributed by atoms with Gasteiger partial charge >= 0.3 is 5.97 Å². The van der Waals surface area contributed by atoms with Crippen molar-refractivity contribution < 1.29 is 23.9 Å². The number of hydrogen-bond acceptors (Lipinski definition) is 6. The molecule has 2 rings (SSSR count). The number of ether oxygens (including phenoxy) is 1. The minimum Gasteiger partial charge on any atom is -0.458 e. The van der Waals surface area contributed by atoms with Gasteiger partial charge in [0.15, 0.2) is 11.2 Å². The number of hydrogen-bond donors (Lipinski definition) is 0. The molecule has 2 aliphatic heterocycles. The molecule has 0 aliphatic carbocycles. The quantitative estimate of drug-likeness (QED) is 0.410. The normalized spacial score (nSPS) is 26.1. The Balaban J connectivity index is 2.15. The van der Waals surface area contributed by atoms with E-state index in [-0.39, 0.29) is 16.9 Å². The van der Waals surface area contributed by atoms with Gasteiger partial charge < -0.3 is 4.74 Å². The summed E-state index contributed by atoms with van der Waals surface area (Å²) in [5.41, 5.74) is -1.83. The molecule has 2 amide bonds. The number of nitrogens with zero attached hydrogens (tertiary/aromatic N) is 2. The number of fused-ring (bicyclic) bond motifs is 1. The standard InChI is InChI=1S/C18H28N2O5S/c1-12(21)26-11-7-9-18(5)15(23)19-10-6-8-13(20(19)16(18)24)14(22)25-17(2,3)4/h13H,6-11H2,1-5H3. The van der Waals surface area contributed by atoms with Crippen molar-refractivity contribution in [2.75, 3.05) is 12.3 Å². The summed E-state index contributed by atoms with van der Waals surface area (Å²) >= 11 is 1.19. The van der Waals surface area contributed by atoms with Gasteiger partial charge in [0.1, 0.15) is 11.0 Å². The van der Waals surface area contributed by atoms with Crippen molar-refractivity contribution in [2.24, 2.45) is 5.41 Å². The van der Waals surface area contributed by atoms with Crippen molar-refractivity contribution in [2.45, 2.75) is 71.9 Å². The minimum absolute atomic E-state index is 0.0189. The predicted octanol–water partition coefficient (Wildman–Crippen LogP) is 2.14. The van der Waals surface area contributed by atoms with E-state index in [1.807, 2.05) is 0 Å². The van der Waals surface area contributed by atoms with Crippen LogP contribution in [-0.4, -0.2) is 56.9 Å². The first-order chi connectivity index (χ1) is 12.0. The SMILES string of the molecule is CC(=O)SCCCC1(C)C(=O)N2CCCC(C(=O)OC(C)(C)C)N2C1=O. The van der Waals surface area contributed by atoms with Crippen molar-refractivity contribution >= 4 is 34.7 Å². The molecule has 0 aromatic heterocycles. The summed E-state index contributed by atoms with van der Waals surface area (Å²) in [6.07, 6.45) is 2.08. The first kappa shape index (κ1) is 20.7. The number of carbonyl (C=O) groups excluding carboxylic acids is 4. The number of hydrazine groups is 1. The lowest BCUT2D eigenvalue weighted by Crippen LogP contribution is -2.55. The van der Waals surface area contributed by atoms with E-state index in [2.05, 4.69) is 0 Å². The van der Waals surface area contributed by atoms with Crippen molar-refractivity contribution in [3.05, 3.63) is 0 Å². The molecule has 2 heterocycles. The van der Waals surface area contributed by atoms with Crippen LogP contribution in [-0.2, 0) is 23.9 Å². The number of thioether (sulfide) groups is 1. The zero-order chi connectivity index (χ0) is 19.7. The first-order valence-corrected chi connectivity index (χ1v) is 9.98. The van der Waals surface area contributed by atoms with Gasteiger partial charge in [0.05, 0.1) is 0 Å². The Kier molecular flexibility index (Phi) is 6.05. The van der Waals surface area contributed by atoms with Crippen LogP contribution < -0.4 is 0 Å². The third kappa shape index (κ3) is 4.22. The largest absolute Gasteiger partial charge is 0.458 e. The van der Waals surface area contributed by atoms with Gasteiger partial charge in [-0.15, -0.1) is 0 Å². The average Bonchev–Trinajstić information content (AvgIpc) is 2.72. The van der Waals surface area contributed by atoms with Crippen LogP contribution in [0.5, 0.6) is 0 Å². The van der Waals surface area contributed by atoms with Gasteiger partial charge in [-0.1, -0.05) is 11.8 Å². The van der Waals surface area contributed by atoms with E-state index in [0.717, 1.165) is 0 Å². The summed E-state index contributed by atoms with van der Waals surface area (Å²) in [6, 6.07) is -0.757. The van der Waals surface area contributed by atoms with Crippen LogP contribution in [0.15, 0.2) is 0 Å². The number of carbonyl (C=O) groups is 4. The van der Waals surface area contributed by atoms with Crippen LogP contribution in [0.1, 0.15) is 60.3 Å². The summed E-state index contributed by atoms with van der Waals surface area (Å²) in [4.78, 5) is 49.6. The zero-order valence-corrected chi connectivity index (χ0v) is 17.0. The molecule has 2 unspecified atom stereocenters. The van der Waals surface area contributed by atoms with E-state index in [9.17, 15) is 19.2 Å². The maximum absolute atomic E-state index is 13.1. The first-order valence-electron chi connectivity index (χ1n) is 8.99. The van der Waals surface area contributed by atoms with Gasteiger partial charge in [0.2, 0.25) is 0 Å². The van der Waals surface area contributed by atoms with Crippen LogP contribution in [0.2, 0.25) is 0 Å². The fraction of sp³-hybridized carbons (Fsp3) is 0.778. The Morgan fingerprint density at radius 2 is 1.92 bits per heavy atom. The highest BCUT2D eigenvalue weighted by Gasteiger charge is 2.58. The molecule has 0 aromatic rings. The summed E-state index contributed by atoms with van der Waals surface area (Å²) in [7, 11) is 0. The maximum atomic E-state index is 13.1. The molecule has 7 nitrogen and oxygen atoms in total. The van der Waals surface area contributed by atoms with Gasteiger partial charge in [-0.3, -0.25) is 14.4 Å². The van der Waals surface area contributed by atoms with Crippen LogP contribution in [0, 0.1) is 5.41 Å². The van der Waals surface area contributed by atoms with Crippen LogP contribution in [0.4, 0.5) is 0 Å². The molecule has 0 bridgehead atoms. The molecule has 2 saturated heterocycles. The highest BCUT2D eigenvalue weighted by atomic mass is 32.2. The maximum Gasteiger partial charge on any atom is 0.331 e. The van der Waals surface area contributed by atoms with E-state index < -0.39 is 23.0 Å². The molecule has 2 atom stereocenters. The van der Waals surface area contributed by atoms with Crippen molar-refractivity contribution in [3.63, 3.8) is 0 Å². The average molecular weight is 384 g/mol. The Morgan fingerprint density at radius 1 is 1.27 bits per heavy atom. The molecule has 26 heavy (non-hydrogen) atoms. The molecule has 0 spiro atoms. The molecule has 0 aromatic carbocycles. The highest BCUT2D eigenvalue weighted by Crippen LogP contribution is 2.40. The summed E-state index contributed by atoms with van der Waals surface area (Å²) in [5.74, 6) is -0.504. The topological polar surface area (TPSA) is 84.0 Å². The molecule has 0 radical (unpaired) electrons. The molecular weight excluding hydrogens is 356 g/mol. The second-order valence-electron chi connectivity index (χ2n) is 8.05. The minimum atomic E-state index is -1.18. The van der Waals surface area contributed by atoms with Gasteiger partial charge in [-0.25, -0.2) is 14.8 Å². The van der Waals surface area contributed by atoms with Crippen LogP contribution in [0.25, 0.3) is 0 Å². The Labute approximate surface area is 158 Å². The van der Waals surface area contributed by atoms with E-state index in [4.69, 9.17) is 4.74 Å². The van der Waals surface area contributed by atoms with Crippen molar-refractivity contribution in [1.82, 2.24) is 10.0 Å². The Morgan fingerprint density at radius 3 is 2.50 bits per heavy atom. The highest BCUT2D eigenvalue weighted by molar-refractivity contribution is 8.13. The lowest BCUT2D eigenvalue weighted by Gasteiger charge is -2.38.